The third-order valence-electron chi connectivity index (χ3n) is 4.75. The highest BCUT2D eigenvalue weighted by atomic mass is 32.1. The lowest BCUT2D eigenvalue weighted by Crippen LogP contribution is -2.39. The van der Waals surface area contributed by atoms with Crippen molar-refractivity contribution in [3.63, 3.8) is 0 Å². The van der Waals surface area contributed by atoms with E-state index in [1.54, 1.807) is 6.33 Å². The third-order valence-corrected chi connectivity index (χ3v) is 5.48. The van der Waals surface area contributed by atoms with E-state index in [0.29, 0.717) is 0 Å². The highest BCUT2D eigenvalue weighted by Gasteiger charge is 2.37. The van der Waals surface area contributed by atoms with Crippen LogP contribution in [0.15, 0.2) is 36.7 Å². The van der Waals surface area contributed by atoms with Gasteiger partial charge in [0, 0.05) is 37.7 Å². The summed E-state index contributed by atoms with van der Waals surface area (Å²) in [7, 11) is 0. The Hall–Kier alpha value is -1.46. The van der Waals surface area contributed by atoms with Gasteiger partial charge in [0.2, 0.25) is 5.13 Å². The molecule has 21 heavy (non-hydrogen) atoms. The van der Waals surface area contributed by atoms with Crippen molar-refractivity contribution < 1.29 is 0 Å². The molecule has 1 aromatic carbocycles. The molecule has 0 saturated carbocycles. The van der Waals surface area contributed by atoms with Crippen LogP contribution in [0, 0.1) is 11.8 Å². The van der Waals surface area contributed by atoms with Gasteiger partial charge in [0.15, 0.2) is 0 Å². The first kappa shape index (κ1) is 13.2. The molecule has 110 valence electrons. The Morgan fingerprint density at radius 2 is 1.95 bits per heavy atom. The van der Waals surface area contributed by atoms with Crippen molar-refractivity contribution in [3.05, 3.63) is 42.2 Å². The van der Waals surface area contributed by atoms with Crippen molar-refractivity contribution in [2.24, 2.45) is 11.8 Å². The summed E-state index contributed by atoms with van der Waals surface area (Å²) >= 11 is 1.52. The molecule has 2 fully saturated rings. The molecule has 4 rings (SSSR count). The van der Waals surface area contributed by atoms with Gasteiger partial charge in [-0.05, 0) is 30.4 Å². The number of benzene rings is 1. The van der Waals surface area contributed by atoms with Gasteiger partial charge in [-0.3, -0.25) is 4.90 Å². The molecule has 0 amide bonds. The zero-order chi connectivity index (χ0) is 14.1. The van der Waals surface area contributed by atoms with Crippen LogP contribution in [0.2, 0.25) is 0 Å². The van der Waals surface area contributed by atoms with Gasteiger partial charge in [-0.15, -0.1) is 0 Å². The van der Waals surface area contributed by atoms with Crippen LogP contribution in [0.4, 0.5) is 5.13 Å². The van der Waals surface area contributed by atoms with Crippen LogP contribution in [-0.2, 0) is 6.54 Å². The average molecular weight is 300 g/mol. The number of hydrogen-bond acceptors (Lipinski definition) is 5. The predicted octanol–water partition coefficient (Wildman–Crippen LogP) is 2.50. The lowest BCUT2D eigenvalue weighted by atomic mass is 9.88. The number of piperidine rings is 1. The standard InChI is InChI=1S/C16H20N4S/c1-2-4-13(5-3-1)8-19-7-6-14-10-20(11-15(14)9-19)16-17-12-18-21-16/h1-5,12,14-15H,6-11H2. The van der Waals surface area contributed by atoms with Gasteiger partial charge in [-0.1, -0.05) is 30.3 Å². The number of likely N-dealkylation sites (tertiary alicyclic amines) is 1. The van der Waals surface area contributed by atoms with Gasteiger partial charge in [0.05, 0.1) is 0 Å². The maximum Gasteiger partial charge on any atom is 0.204 e. The number of fused-ring (bicyclic) bond motifs is 1. The molecule has 5 heteroatoms. The van der Waals surface area contributed by atoms with E-state index in [9.17, 15) is 0 Å². The van der Waals surface area contributed by atoms with Gasteiger partial charge in [-0.2, -0.15) is 4.37 Å². The Morgan fingerprint density at radius 3 is 2.76 bits per heavy atom. The SMILES string of the molecule is c1ccc(CN2CCC3CN(c4ncns4)CC3C2)cc1. The molecule has 2 aliphatic heterocycles. The molecule has 0 radical (unpaired) electrons. The maximum atomic E-state index is 4.36. The van der Waals surface area contributed by atoms with Crippen LogP contribution < -0.4 is 4.90 Å². The molecule has 0 bridgehead atoms. The molecular weight excluding hydrogens is 280 g/mol. The predicted molar refractivity (Wildman–Crippen MR) is 85.4 cm³/mol. The van der Waals surface area contributed by atoms with E-state index in [1.165, 1.54) is 43.2 Å². The van der Waals surface area contributed by atoms with Crippen LogP contribution in [-0.4, -0.2) is 40.4 Å². The minimum absolute atomic E-state index is 0.784. The fourth-order valence-electron chi connectivity index (χ4n) is 3.69. The van der Waals surface area contributed by atoms with E-state index in [-0.39, 0.29) is 0 Å². The van der Waals surface area contributed by atoms with Crippen LogP contribution >= 0.6 is 11.5 Å². The second kappa shape index (κ2) is 5.73. The molecule has 0 N–H and O–H groups in total. The quantitative estimate of drug-likeness (QED) is 0.872. The summed E-state index contributed by atoms with van der Waals surface area (Å²) in [4.78, 5) is 9.40. The summed E-state index contributed by atoms with van der Waals surface area (Å²) < 4.78 is 4.13. The summed E-state index contributed by atoms with van der Waals surface area (Å²) in [5.74, 6) is 1.62. The van der Waals surface area contributed by atoms with Crippen LogP contribution in [0.25, 0.3) is 0 Å². The first-order valence-electron chi connectivity index (χ1n) is 7.66. The monoisotopic (exact) mass is 300 g/mol. The number of hydrogen-bond donors (Lipinski definition) is 0. The molecule has 2 unspecified atom stereocenters. The normalized spacial score (nSPS) is 26.0. The van der Waals surface area contributed by atoms with E-state index in [2.05, 4.69) is 49.5 Å². The highest BCUT2D eigenvalue weighted by molar-refractivity contribution is 7.09. The summed E-state index contributed by atoms with van der Waals surface area (Å²) in [5, 5.41) is 1.10. The Kier molecular flexibility index (Phi) is 3.61. The van der Waals surface area contributed by atoms with E-state index >= 15 is 0 Å². The minimum Gasteiger partial charge on any atom is -0.346 e. The van der Waals surface area contributed by atoms with Crippen LogP contribution in [0.5, 0.6) is 0 Å². The number of rotatable bonds is 3. The lowest BCUT2D eigenvalue weighted by molar-refractivity contribution is 0.142. The molecule has 0 spiro atoms. The largest absolute Gasteiger partial charge is 0.346 e. The van der Waals surface area contributed by atoms with Crippen molar-refractivity contribution >= 4 is 16.7 Å². The zero-order valence-electron chi connectivity index (χ0n) is 12.1. The molecule has 0 aliphatic carbocycles. The third kappa shape index (κ3) is 2.80. The first-order chi connectivity index (χ1) is 10.4. The summed E-state index contributed by atoms with van der Waals surface area (Å²) in [6.07, 6.45) is 2.98. The second-order valence-corrected chi connectivity index (χ2v) is 6.92. The highest BCUT2D eigenvalue weighted by Crippen LogP contribution is 2.34. The van der Waals surface area contributed by atoms with Crippen LogP contribution in [0.1, 0.15) is 12.0 Å². The van der Waals surface area contributed by atoms with Crippen molar-refractivity contribution in [1.82, 2.24) is 14.3 Å². The van der Waals surface area contributed by atoms with E-state index in [4.69, 9.17) is 0 Å². The van der Waals surface area contributed by atoms with Gasteiger partial charge >= 0.3 is 0 Å². The molecule has 2 atom stereocenters. The van der Waals surface area contributed by atoms with Crippen molar-refractivity contribution in [2.45, 2.75) is 13.0 Å². The molecule has 2 aromatic rings. The molecule has 2 aliphatic rings. The Bertz CT molecular complexity index is 571. The summed E-state index contributed by atoms with van der Waals surface area (Å²) in [6.45, 7) is 5.84. The molecule has 2 saturated heterocycles. The number of anilines is 1. The number of aromatic nitrogens is 2. The average Bonchev–Trinajstić information content (AvgIpc) is 3.17. The topological polar surface area (TPSA) is 32.3 Å². The van der Waals surface area contributed by atoms with E-state index in [0.717, 1.165) is 30.1 Å². The Labute approximate surface area is 129 Å². The summed E-state index contributed by atoms with van der Waals surface area (Å²) in [6, 6.07) is 10.8. The number of nitrogens with zero attached hydrogens (tertiary/aromatic N) is 4. The Morgan fingerprint density at radius 1 is 1.10 bits per heavy atom. The lowest BCUT2D eigenvalue weighted by Gasteiger charge is -2.34. The van der Waals surface area contributed by atoms with Crippen molar-refractivity contribution in [1.29, 1.82) is 0 Å². The van der Waals surface area contributed by atoms with Crippen molar-refractivity contribution in [2.75, 3.05) is 31.1 Å². The molecule has 1 aromatic heterocycles. The van der Waals surface area contributed by atoms with Gasteiger partial charge in [-0.25, -0.2) is 4.98 Å². The van der Waals surface area contributed by atoms with Gasteiger partial charge in [0.25, 0.3) is 0 Å². The van der Waals surface area contributed by atoms with Crippen LogP contribution in [0.3, 0.4) is 0 Å². The maximum absolute atomic E-state index is 4.36. The molecule has 4 nitrogen and oxygen atoms in total. The second-order valence-electron chi connectivity index (χ2n) is 6.16. The smallest absolute Gasteiger partial charge is 0.204 e. The van der Waals surface area contributed by atoms with Crippen molar-refractivity contribution in [3.8, 4) is 0 Å². The minimum atomic E-state index is 0.784. The molecular formula is C16H20N4S. The van der Waals surface area contributed by atoms with Gasteiger partial charge in [0.1, 0.15) is 6.33 Å². The van der Waals surface area contributed by atoms with Gasteiger partial charge < -0.3 is 4.90 Å². The van der Waals surface area contributed by atoms with E-state index < -0.39 is 0 Å². The first-order valence-corrected chi connectivity index (χ1v) is 8.44. The van der Waals surface area contributed by atoms with E-state index in [1.807, 2.05) is 0 Å². The Balaban J connectivity index is 1.39. The zero-order valence-corrected chi connectivity index (χ0v) is 12.9. The fraction of sp³-hybridized carbons (Fsp3) is 0.500. The molecule has 3 heterocycles. The summed E-state index contributed by atoms with van der Waals surface area (Å²) in [5.41, 5.74) is 1.43. The fourth-order valence-corrected chi connectivity index (χ4v) is 4.24.